The molecule has 0 aliphatic heterocycles. The Hall–Kier alpha value is -2.76. The first kappa shape index (κ1) is 17.6. The van der Waals surface area contributed by atoms with Gasteiger partial charge >= 0.3 is 0 Å². The van der Waals surface area contributed by atoms with Crippen molar-refractivity contribution >= 4 is 10.8 Å². The molecule has 1 saturated carbocycles. The number of hydrogen-bond donors (Lipinski definition) is 0. The molecule has 0 amide bonds. The molecule has 0 saturated heterocycles. The van der Waals surface area contributed by atoms with Gasteiger partial charge in [-0.3, -0.25) is 4.79 Å². The minimum atomic E-state index is -0.500. The maximum atomic E-state index is 14.7. The molecule has 0 N–H and O–H groups in total. The van der Waals surface area contributed by atoms with E-state index in [1.807, 2.05) is 12.3 Å². The second-order valence-electron chi connectivity index (χ2n) is 7.14. The van der Waals surface area contributed by atoms with Crippen molar-refractivity contribution in [1.82, 2.24) is 14.5 Å². The highest BCUT2D eigenvalue weighted by Gasteiger charge is 2.16. The molecule has 27 heavy (non-hydrogen) atoms. The number of aromatic nitrogens is 3. The molecule has 0 spiro atoms. The fourth-order valence-electron chi connectivity index (χ4n) is 3.83. The lowest BCUT2D eigenvalue weighted by Crippen LogP contribution is -2.24. The molecule has 5 nitrogen and oxygen atoms in total. The van der Waals surface area contributed by atoms with Crippen LogP contribution in [0, 0.1) is 11.7 Å². The first-order valence-electron chi connectivity index (χ1n) is 9.35. The van der Waals surface area contributed by atoms with Crippen LogP contribution in [-0.4, -0.2) is 21.6 Å². The van der Waals surface area contributed by atoms with Crippen LogP contribution < -0.4 is 10.3 Å². The Kier molecular flexibility index (Phi) is 4.88. The fourth-order valence-corrected chi connectivity index (χ4v) is 3.83. The quantitative estimate of drug-likeness (QED) is 0.694. The number of fused-ring (bicyclic) bond motifs is 1. The minimum Gasteiger partial charge on any atom is -0.494 e. The van der Waals surface area contributed by atoms with E-state index in [-0.39, 0.29) is 16.9 Å². The summed E-state index contributed by atoms with van der Waals surface area (Å²) in [6.07, 6.45) is 10.9. The van der Waals surface area contributed by atoms with Crippen LogP contribution in [0.1, 0.15) is 32.1 Å². The van der Waals surface area contributed by atoms with Gasteiger partial charge in [-0.05, 0) is 42.3 Å². The Balaban J connectivity index is 1.70. The lowest BCUT2D eigenvalue weighted by Gasteiger charge is -2.22. The van der Waals surface area contributed by atoms with Gasteiger partial charge in [0.15, 0.2) is 11.6 Å². The highest BCUT2D eigenvalue weighted by atomic mass is 19.1. The Morgan fingerprint density at radius 3 is 2.63 bits per heavy atom. The van der Waals surface area contributed by atoms with Crippen molar-refractivity contribution < 1.29 is 9.13 Å². The summed E-state index contributed by atoms with van der Waals surface area (Å²) in [5, 5.41) is 1.08. The monoisotopic (exact) mass is 367 g/mol. The van der Waals surface area contributed by atoms with Crippen molar-refractivity contribution in [3.63, 3.8) is 0 Å². The van der Waals surface area contributed by atoms with E-state index >= 15 is 0 Å². The molecular formula is C21H22FN3O2. The largest absolute Gasteiger partial charge is 0.494 e. The standard InChI is InChI=1S/C21H22FN3O2/c1-27-16-11-23-20(24-12-16)18-9-15-7-8-25(13-14-5-3-2-4-6-14)21(26)17(15)10-19(18)22/h7-12,14H,2-6,13H2,1H3. The highest BCUT2D eigenvalue weighted by molar-refractivity contribution is 5.85. The smallest absolute Gasteiger partial charge is 0.258 e. The minimum absolute atomic E-state index is 0.140. The van der Waals surface area contributed by atoms with Crippen LogP contribution in [0.25, 0.3) is 22.2 Å². The number of hydrogen-bond acceptors (Lipinski definition) is 4. The average Bonchev–Trinajstić information content (AvgIpc) is 2.71. The number of pyridine rings is 1. The van der Waals surface area contributed by atoms with E-state index in [9.17, 15) is 9.18 Å². The van der Waals surface area contributed by atoms with Gasteiger partial charge in [0.05, 0.1) is 30.5 Å². The molecule has 2 aromatic heterocycles. The molecule has 0 bridgehead atoms. The third-order valence-corrected chi connectivity index (χ3v) is 5.35. The van der Waals surface area contributed by atoms with Gasteiger partial charge in [0, 0.05) is 12.7 Å². The zero-order valence-electron chi connectivity index (χ0n) is 15.3. The van der Waals surface area contributed by atoms with Crippen LogP contribution in [0.4, 0.5) is 4.39 Å². The van der Waals surface area contributed by atoms with Crippen LogP contribution in [0.2, 0.25) is 0 Å². The van der Waals surface area contributed by atoms with Crippen molar-refractivity contribution in [1.29, 1.82) is 0 Å². The summed E-state index contributed by atoms with van der Waals surface area (Å²) in [4.78, 5) is 21.1. The van der Waals surface area contributed by atoms with Crippen molar-refractivity contribution in [2.45, 2.75) is 38.6 Å². The highest BCUT2D eigenvalue weighted by Crippen LogP contribution is 2.26. The van der Waals surface area contributed by atoms with Crippen molar-refractivity contribution in [3.05, 3.63) is 53.0 Å². The molecule has 4 rings (SSSR count). The molecule has 3 aromatic rings. The molecule has 0 radical (unpaired) electrons. The maximum absolute atomic E-state index is 14.7. The van der Waals surface area contributed by atoms with E-state index in [0.29, 0.717) is 29.0 Å². The number of nitrogens with zero attached hydrogens (tertiary/aromatic N) is 3. The summed E-state index contributed by atoms with van der Waals surface area (Å²) in [6, 6.07) is 4.81. The Bertz CT molecular complexity index is 1010. The van der Waals surface area contributed by atoms with E-state index in [4.69, 9.17) is 4.74 Å². The van der Waals surface area contributed by atoms with Gasteiger partial charge in [-0.2, -0.15) is 0 Å². The van der Waals surface area contributed by atoms with Gasteiger partial charge in [-0.25, -0.2) is 14.4 Å². The lowest BCUT2D eigenvalue weighted by molar-refractivity contribution is 0.316. The number of rotatable bonds is 4. The predicted molar refractivity (Wildman–Crippen MR) is 102 cm³/mol. The second-order valence-corrected chi connectivity index (χ2v) is 7.14. The molecular weight excluding hydrogens is 345 g/mol. The predicted octanol–water partition coefficient (Wildman–Crippen LogP) is 4.19. The maximum Gasteiger partial charge on any atom is 0.258 e. The summed E-state index contributed by atoms with van der Waals surface area (Å²) in [7, 11) is 1.52. The summed E-state index contributed by atoms with van der Waals surface area (Å²) < 4.78 is 21.5. The van der Waals surface area contributed by atoms with E-state index in [2.05, 4.69) is 9.97 Å². The molecule has 0 unspecified atom stereocenters. The first-order chi connectivity index (χ1) is 13.2. The molecule has 1 fully saturated rings. The van der Waals surface area contributed by atoms with E-state index in [1.54, 1.807) is 10.6 Å². The molecule has 0 atom stereocenters. The third kappa shape index (κ3) is 3.56. The topological polar surface area (TPSA) is 57.0 Å². The first-order valence-corrected chi connectivity index (χ1v) is 9.35. The second kappa shape index (κ2) is 7.47. The van der Waals surface area contributed by atoms with Gasteiger partial charge in [-0.1, -0.05) is 19.3 Å². The van der Waals surface area contributed by atoms with E-state index in [0.717, 1.165) is 12.8 Å². The number of halogens is 1. The van der Waals surface area contributed by atoms with Crippen molar-refractivity contribution in [3.8, 4) is 17.1 Å². The van der Waals surface area contributed by atoms with Crippen LogP contribution in [-0.2, 0) is 6.54 Å². The molecule has 1 aliphatic carbocycles. The van der Waals surface area contributed by atoms with E-state index in [1.165, 1.54) is 44.8 Å². The Labute approximate surface area is 156 Å². The molecule has 2 heterocycles. The third-order valence-electron chi connectivity index (χ3n) is 5.35. The zero-order valence-corrected chi connectivity index (χ0v) is 15.3. The van der Waals surface area contributed by atoms with Gasteiger partial charge in [0.25, 0.3) is 5.56 Å². The van der Waals surface area contributed by atoms with Crippen molar-refractivity contribution in [2.24, 2.45) is 5.92 Å². The SMILES string of the molecule is COc1cnc(-c2cc3ccn(CC4CCCCC4)c(=O)c3cc2F)nc1. The number of benzene rings is 1. The van der Waals surface area contributed by atoms with Crippen LogP contribution in [0.3, 0.4) is 0 Å². The van der Waals surface area contributed by atoms with Gasteiger partial charge in [0.1, 0.15) is 5.82 Å². The fraction of sp³-hybridized carbons (Fsp3) is 0.381. The lowest BCUT2D eigenvalue weighted by atomic mass is 9.89. The summed E-state index contributed by atoms with van der Waals surface area (Å²) >= 11 is 0. The Morgan fingerprint density at radius 2 is 1.93 bits per heavy atom. The molecule has 6 heteroatoms. The molecule has 1 aromatic carbocycles. The number of ether oxygens (including phenoxy) is 1. The van der Waals surface area contributed by atoms with Crippen LogP contribution in [0.15, 0.2) is 41.6 Å². The normalized spacial score (nSPS) is 15.2. The summed E-state index contributed by atoms with van der Waals surface area (Å²) in [5.74, 6) is 0.804. The Morgan fingerprint density at radius 1 is 1.19 bits per heavy atom. The average molecular weight is 367 g/mol. The van der Waals surface area contributed by atoms with Gasteiger partial charge < -0.3 is 9.30 Å². The van der Waals surface area contributed by atoms with E-state index < -0.39 is 5.82 Å². The van der Waals surface area contributed by atoms with Crippen LogP contribution >= 0.6 is 0 Å². The van der Waals surface area contributed by atoms with Gasteiger partial charge in [-0.15, -0.1) is 0 Å². The number of methoxy groups -OCH3 is 1. The van der Waals surface area contributed by atoms with Gasteiger partial charge in [0.2, 0.25) is 0 Å². The summed E-state index contributed by atoms with van der Waals surface area (Å²) in [5.41, 5.74) is 0.133. The van der Waals surface area contributed by atoms with Crippen LogP contribution in [0.5, 0.6) is 5.75 Å². The zero-order chi connectivity index (χ0) is 18.8. The van der Waals surface area contributed by atoms with Crippen molar-refractivity contribution in [2.75, 3.05) is 7.11 Å². The molecule has 140 valence electrons. The molecule has 1 aliphatic rings. The summed E-state index contributed by atoms with van der Waals surface area (Å²) in [6.45, 7) is 0.708.